The summed E-state index contributed by atoms with van der Waals surface area (Å²) in [7, 11) is -2.07. The van der Waals surface area contributed by atoms with Crippen LogP contribution in [0.1, 0.15) is 52.9 Å². The summed E-state index contributed by atoms with van der Waals surface area (Å²) in [6.45, 7) is 8.66. The van der Waals surface area contributed by atoms with Crippen molar-refractivity contribution in [3.8, 4) is 0 Å². The molecule has 242 valence electrons. The minimum Gasteiger partial charge on any atom is -0.373 e. The Hall–Kier alpha value is -3.67. The lowest BCUT2D eigenvalue weighted by molar-refractivity contribution is -0.121. The monoisotopic (exact) mass is 636 g/mol. The van der Waals surface area contributed by atoms with E-state index in [0.29, 0.717) is 24.3 Å². The zero-order chi connectivity index (χ0) is 32.4. The van der Waals surface area contributed by atoms with Gasteiger partial charge in [0.1, 0.15) is 11.9 Å². The van der Waals surface area contributed by atoms with E-state index in [1.807, 2.05) is 50.5 Å². The van der Waals surface area contributed by atoms with E-state index < -0.39 is 27.8 Å². The van der Waals surface area contributed by atoms with Gasteiger partial charge in [-0.2, -0.15) is 4.31 Å². The number of carbonyl (C=O) groups is 1. The van der Waals surface area contributed by atoms with Crippen molar-refractivity contribution in [3.63, 3.8) is 0 Å². The number of aliphatic imine (C=N–C) groups is 2. The fourth-order valence-corrected chi connectivity index (χ4v) is 7.02. The third-order valence-corrected chi connectivity index (χ3v) is 10.2. The summed E-state index contributed by atoms with van der Waals surface area (Å²) < 4.78 is 42.4. The minimum absolute atomic E-state index is 0.0372. The molecule has 0 saturated carbocycles. The number of benzene rings is 2. The molecule has 0 bridgehead atoms. The van der Waals surface area contributed by atoms with Crippen LogP contribution in [-0.2, 0) is 14.8 Å². The van der Waals surface area contributed by atoms with Crippen LogP contribution < -0.4 is 10.2 Å². The Balaban J connectivity index is 1.63. The van der Waals surface area contributed by atoms with Crippen molar-refractivity contribution in [2.24, 2.45) is 9.98 Å². The van der Waals surface area contributed by atoms with Gasteiger partial charge in [0.15, 0.2) is 0 Å². The number of hydrogen-bond donors (Lipinski definition) is 1. The van der Waals surface area contributed by atoms with Crippen LogP contribution in [0, 0.1) is 5.82 Å². The fraction of sp³-hybridized carbons (Fsp3) is 0.441. The van der Waals surface area contributed by atoms with E-state index in [4.69, 9.17) is 4.99 Å². The van der Waals surface area contributed by atoms with Crippen LogP contribution >= 0.6 is 0 Å². The Morgan fingerprint density at radius 3 is 2.62 bits per heavy atom. The molecular weight excluding hydrogens is 591 g/mol. The van der Waals surface area contributed by atoms with Gasteiger partial charge in [-0.3, -0.25) is 19.7 Å². The Morgan fingerprint density at radius 1 is 1.11 bits per heavy atom. The Labute approximate surface area is 267 Å². The van der Waals surface area contributed by atoms with Crippen LogP contribution in [0.4, 0.5) is 21.5 Å². The molecule has 0 aliphatic carbocycles. The van der Waals surface area contributed by atoms with Crippen LogP contribution in [0.25, 0.3) is 0 Å². The molecule has 45 heavy (non-hydrogen) atoms. The first-order chi connectivity index (χ1) is 21.6. The van der Waals surface area contributed by atoms with Crippen molar-refractivity contribution < 1.29 is 17.6 Å². The average Bonchev–Trinajstić information content (AvgIpc) is 3.33. The highest BCUT2D eigenvalue weighted by Gasteiger charge is 2.40. The van der Waals surface area contributed by atoms with Crippen LogP contribution in [0.15, 0.2) is 81.3 Å². The smallest absolute Gasteiger partial charge is 0.244 e. The second-order valence-electron chi connectivity index (χ2n) is 11.4. The number of unbranched alkanes of at least 4 members (excludes halogenated alkanes) is 3. The lowest BCUT2D eigenvalue weighted by Gasteiger charge is -2.39. The van der Waals surface area contributed by atoms with Gasteiger partial charge in [-0.25, -0.2) is 12.8 Å². The number of hydrogen-bond acceptors (Lipinski definition) is 7. The zero-order valence-electron chi connectivity index (χ0n) is 26.7. The number of piperazine rings is 1. The highest BCUT2D eigenvalue weighted by molar-refractivity contribution is 7.89. The van der Waals surface area contributed by atoms with Crippen molar-refractivity contribution in [2.45, 2.75) is 63.8 Å². The van der Waals surface area contributed by atoms with E-state index in [2.05, 4.69) is 34.0 Å². The van der Waals surface area contributed by atoms with Crippen molar-refractivity contribution in [1.82, 2.24) is 9.21 Å². The molecule has 1 amide bonds. The normalized spacial score (nSPS) is 18.0. The fourth-order valence-electron chi connectivity index (χ4n) is 5.45. The standard InChI is InChI=1S/C34H45FN6O3S/c1-5-7-8-9-21-40-22-23-41(45(43,44)30-15-12-28(35)13-16-30)33(25-40)34(42)38-29-14-17-32(39(4)6-2)31(24-29)37-26(3)27-11-10-19-36-20-18-27/h10-17,19-20,24,33H,5-9,18,21-23,25H2,1-4H3,(H,38,42)/t33-/m0/s1. The molecule has 0 aromatic heterocycles. The lowest BCUT2D eigenvalue weighted by Crippen LogP contribution is -2.59. The summed E-state index contributed by atoms with van der Waals surface area (Å²) in [5.74, 6) is -0.944. The summed E-state index contributed by atoms with van der Waals surface area (Å²) in [6, 6.07) is 9.34. The maximum absolute atomic E-state index is 13.9. The molecule has 1 atom stereocenters. The summed E-state index contributed by atoms with van der Waals surface area (Å²) in [5, 5.41) is 2.99. The number of nitrogens with one attached hydrogen (secondary N) is 1. The molecule has 2 aliphatic rings. The van der Waals surface area contributed by atoms with E-state index in [0.717, 1.165) is 67.9 Å². The molecule has 4 rings (SSSR count). The van der Waals surface area contributed by atoms with E-state index in [-0.39, 0.29) is 18.0 Å². The van der Waals surface area contributed by atoms with Gasteiger partial charge in [-0.15, -0.1) is 0 Å². The van der Waals surface area contributed by atoms with Gasteiger partial charge in [0.25, 0.3) is 0 Å². The first-order valence-electron chi connectivity index (χ1n) is 15.7. The predicted octanol–water partition coefficient (Wildman–Crippen LogP) is 6.18. The highest BCUT2D eigenvalue weighted by Crippen LogP contribution is 2.33. The molecule has 1 saturated heterocycles. The van der Waals surface area contributed by atoms with E-state index >= 15 is 0 Å². The van der Waals surface area contributed by atoms with E-state index in [1.165, 1.54) is 16.4 Å². The van der Waals surface area contributed by atoms with Gasteiger partial charge in [-0.1, -0.05) is 32.3 Å². The number of sulfonamides is 1. The summed E-state index contributed by atoms with van der Waals surface area (Å²) in [5.41, 5.74) is 4.00. The van der Waals surface area contributed by atoms with Gasteiger partial charge < -0.3 is 10.2 Å². The molecule has 2 heterocycles. The molecule has 0 unspecified atom stereocenters. The number of nitrogens with zero attached hydrogens (tertiary/aromatic N) is 5. The highest BCUT2D eigenvalue weighted by atomic mass is 32.2. The summed E-state index contributed by atoms with van der Waals surface area (Å²) in [4.78, 5) is 27.3. The molecule has 1 fully saturated rings. The lowest BCUT2D eigenvalue weighted by atomic mass is 10.1. The van der Waals surface area contributed by atoms with Crippen molar-refractivity contribution in [1.29, 1.82) is 0 Å². The molecule has 2 aromatic rings. The summed E-state index contributed by atoms with van der Waals surface area (Å²) in [6.07, 6.45) is 12.4. The number of allylic oxidation sites excluding steroid dienone is 3. The topological polar surface area (TPSA) is 97.7 Å². The van der Waals surface area contributed by atoms with Crippen molar-refractivity contribution >= 4 is 44.9 Å². The number of halogens is 1. The Kier molecular flexibility index (Phi) is 12.2. The van der Waals surface area contributed by atoms with Crippen LogP contribution in [-0.4, -0.2) is 81.3 Å². The molecule has 1 N–H and O–H groups in total. The van der Waals surface area contributed by atoms with E-state index in [9.17, 15) is 17.6 Å². The molecule has 2 aromatic carbocycles. The molecule has 9 nitrogen and oxygen atoms in total. The minimum atomic E-state index is -4.05. The molecule has 0 spiro atoms. The second kappa shape index (κ2) is 16.1. The number of anilines is 2. The number of rotatable bonds is 13. The van der Waals surface area contributed by atoms with Crippen LogP contribution in [0.2, 0.25) is 0 Å². The molecule has 11 heteroatoms. The first kappa shape index (κ1) is 34.2. The van der Waals surface area contributed by atoms with Gasteiger partial charge in [0, 0.05) is 63.5 Å². The Morgan fingerprint density at radius 2 is 1.89 bits per heavy atom. The first-order valence-corrected chi connectivity index (χ1v) is 17.2. The Bertz CT molecular complexity index is 1550. The largest absolute Gasteiger partial charge is 0.373 e. The third-order valence-electron chi connectivity index (χ3n) is 8.23. The van der Waals surface area contributed by atoms with Crippen LogP contribution in [0.5, 0.6) is 0 Å². The van der Waals surface area contributed by atoms with E-state index in [1.54, 1.807) is 6.20 Å². The SMILES string of the molecule is CCCCCCN1CCN(S(=O)(=O)c2ccc(F)cc2)[C@H](C(=O)Nc2ccc(N(C)CC)c(N=C(C)C3=CC=CN=CC3)c2)C1. The number of amides is 1. The van der Waals surface area contributed by atoms with Gasteiger partial charge in [0.2, 0.25) is 15.9 Å². The quantitative estimate of drug-likeness (QED) is 0.209. The van der Waals surface area contributed by atoms with Crippen molar-refractivity contribution in [3.05, 3.63) is 72.2 Å². The van der Waals surface area contributed by atoms with Crippen molar-refractivity contribution in [2.75, 3.05) is 50.0 Å². The average molecular weight is 637 g/mol. The zero-order valence-corrected chi connectivity index (χ0v) is 27.6. The third kappa shape index (κ3) is 8.96. The molecule has 0 radical (unpaired) electrons. The maximum Gasteiger partial charge on any atom is 0.244 e. The van der Waals surface area contributed by atoms with Gasteiger partial charge in [0.05, 0.1) is 16.3 Å². The van der Waals surface area contributed by atoms with Gasteiger partial charge in [-0.05, 0) is 80.9 Å². The van der Waals surface area contributed by atoms with Crippen LogP contribution in [0.3, 0.4) is 0 Å². The molecule has 2 aliphatic heterocycles. The van der Waals surface area contributed by atoms with Gasteiger partial charge >= 0.3 is 0 Å². The summed E-state index contributed by atoms with van der Waals surface area (Å²) >= 11 is 0. The number of carbonyl (C=O) groups excluding carboxylic acids is 1. The maximum atomic E-state index is 13.9. The predicted molar refractivity (Wildman–Crippen MR) is 182 cm³/mol. The molecular formula is C34H45FN6O3S. The second-order valence-corrected chi connectivity index (χ2v) is 13.3.